The third-order valence-corrected chi connectivity index (χ3v) is 3.26. The zero-order valence-electron chi connectivity index (χ0n) is 10.6. The molecule has 1 aliphatic rings. The highest BCUT2D eigenvalue weighted by molar-refractivity contribution is 4.77. The van der Waals surface area contributed by atoms with E-state index in [1.165, 1.54) is 32.1 Å². The fourth-order valence-electron chi connectivity index (χ4n) is 2.06. The zero-order valence-corrected chi connectivity index (χ0v) is 10.6. The van der Waals surface area contributed by atoms with Gasteiger partial charge in [-0.25, -0.2) is 0 Å². The predicted molar refractivity (Wildman–Crippen MR) is 65.1 cm³/mol. The van der Waals surface area contributed by atoms with Crippen LogP contribution >= 0.6 is 0 Å². The molecule has 1 fully saturated rings. The Bertz CT molecular complexity index is 162. The molecule has 1 aliphatic heterocycles. The van der Waals surface area contributed by atoms with E-state index in [2.05, 4.69) is 26.1 Å². The molecule has 0 bridgehead atoms. The molecule has 0 aromatic carbocycles. The highest BCUT2D eigenvalue weighted by Crippen LogP contribution is 2.23. The summed E-state index contributed by atoms with van der Waals surface area (Å²) < 4.78 is 5.36. The van der Waals surface area contributed by atoms with E-state index in [9.17, 15) is 0 Å². The van der Waals surface area contributed by atoms with Crippen LogP contribution in [-0.4, -0.2) is 25.8 Å². The van der Waals surface area contributed by atoms with Crippen LogP contribution in [-0.2, 0) is 4.74 Å². The molecule has 0 aromatic heterocycles. The monoisotopic (exact) mass is 213 g/mol. The van der Waals surface area contributed by atoms with Gasteiger partial charge in [-0.3, -0.25) is 0 Å². The molecular formula is C13H27NO. The van der Waals surface area contributed by atoms with Crippen molar-refractivity contribution in [2.75, 3.05) is 19.8 Å². The van der Waals surface area contributed by atoms with Crippen LogP contribution in [0.25, 0.3) is 0 Å². The standard InChI is InChI=1S/C13H27NO/c1-4-5-6-8-13(2,3)11-14-12-7-9-15-10-12/h12,14H,4-11H2,1-3H3. The summed E-state index contributed by atoms with van der Waals surface area (Å²) in [5, 5.41) is 3.62. The van der Waals surface area contributed by atoms with Crippen molar-refractivity contribution in [1.29, 1.82) is 0 Å². The average molecular weight is 213 g/mol. The highest BCUT2D eigenvalue weighted by atomic mass is 16.5. The first-order valence-electron chi connectivity index (χ1n) is 6.45. The molecule has 0 radical (unpaired) electrons. The summed E-state index contributed by atoms with van der Waals surface area (Å²) in [6, 6.07) is 0.607. The first-order chi connectivity index (χ1) is 7.14. The Morgan fingerprint density at radius 2 is 2.13 bits per heavy atom. The van der Waals surface area contributed by atoms with Gasteiger partial charge in [0.05, 0.1) is 6.61 Å². The van der Waals surface area contributed by atoms with Crippen molar-refractivity contribution in [3.05, 3.63) is 0 Å². The Kier molecular flexibility index (Phi) is 5.62. The number of nitrogens with one attached hydrogen (secondary N) is 1. The third kappa shape index (κ3) is 5.53. The largest absolute Gasteiger partial charge is 0.380 e. The van der Waals surface area contributed by atoms with E-state index >= 15 is 0 Å². The second-order valence-electron chi connectivity index (χ2n) is 5.56. The molecule has 0 saturated carbocycles. The summed E-state index contributed by atoms with van der Waals surface area (Å²) in [6.45, 7) is 9.97. The lowest BCUT2D eigenvalue weighted by Gasteiger charge is -2.26. The van der Waals surface area contributed by atoms with Crippen LogP contribution in [0.4, 0.5) is 0 Å². The summed E-state index contributed by atoms with van der Waals surface area (Å²) in [5.41, 5.74) is 0.442. The first-order valence-corrected chi connectivity index (χ1v) is 6.45. The van der Waals surface area contributed by atoms with Gasteiger partial charge in [0, 0.05) is 19.2 Å². The Hall–Kier alpha value is -0.0800. The van der Waals surface area contributed by atoms with E-state index in [1.807, 2.05) is 0 Å². The van der Waals surface area contributed by atoms with Crippen molar-refractivity contribution in [1.82, 2.24) is 5.32 Å². The van der Waals surface area contributed by atoms with Gasteiger partial charge in [0.25, 0.3) is 0 Å². The molecular weight excluding hydrogens is 186 g/mol. The van der Waals surface area contributed by atoms with Gasteiger partial charge in [0.1, 0.15) is 0 Å². The van der Waals surface area contributed by atoms with Gasteiger partial charge in [-0.1, -0.05) is 40.0 Å². The molecule has 0 aliphatic carbocycles. The second-order valence-corrected chi connectivity index (χ2v) is 5.56. The number of ether oxygens (including phenoxy) is 1. The summed E-state index contributed by atoms with van der Waals surface area (Å²) >= 11 is 0. The fraction of sp³-hybridized carbons (Fsp3) is 1.00. The zero-order chi connectivity index (χ0) is 11.1. The fourth-order valence-corrected chi connectivity index (χ4v) is 2.06. The molecule has 0 amide bonds. The van der Waals surface area contributed by atoms with Crippen molar-refractivity contribution in [3.8, 4) is 0 Å². The molecule has 90 valence electrons. The highest BCUT2D eigenvalue weighted by Gasteiger charge is 2.21. The maximum atomic E-state index is 5.36. The van der Waals surface area contributed by atoms with E-state index in [1.54, 1.807) is 0 Å². The van der Waals surface area contributed by atoms with Crippen LogP contribution in [0.3, 0.4) is 0 Å². The van der Waals surface area contributed by atoms with Gasteiger partial charge in [0.2, 0.25) is 0 Å². The Balaban J connectivity index is 2.10. The summed E-state index contributed by atoms with van der Waals surface area (Å²) in [5.74, 6) is 0. The first kappa shape index (κ1) is 13.0. The molecule has 1 unspecified atom stereocenters. The van der Waals surface area contributed by atoms with Crippen LogP contribution in [0, 0.1) is 5.41 Å². The lowest BCUT2D eigenvalue weighted by Crippen LogP contribution is -2.37. The van der Waals surface area contributed by atoms with Crippen molar-refractivity contribution >= 4 is 0 Å². The molecule has 1 N–H and O–H groups in total. The lowest BCUT2D eigenvalue weighted by molar-refractivity contribution is 0.186. The minimum atomic E-state index is 0.442. The Morgan fingerprint density at radius 1 is 1.33 bits per heavy atom. The van der Waals surface area contributed by atoms with Crippen LogP contribution in [0.1, 0.15) is 52.9 Å². The molecule has 15 heavy (non-hydrogen) atoms. The molecule has 1 rings (SSSR count). The second kappa shape index (κ2) is 6.49. The van der Waals surface area contributed by atoms with Gasteiger partial charge in [-0.2, -0.15) is 0 Å². The molecule has 1 atom stereocenters. The quantitative estimate of drug-likeness (QED) is 0.656. The van der Waals surface area contributed by atoms with Gasteiger partial charge in [0.15, 0.2) is 0 Å². The topological polar surface area (TPSA) is 21.3 Å². The van der Waals surface area contributed by atoms with Crippen molar-refractivity contribution in [3.63, 3.8) is 0 Å². The molecule has 1 heterocycles. The third-order valence-electron chi connectivity index (χ3n) is 3.26. The lowest BCUT2D eigenvalue weighted by atomic mass is 9.86. The number of hydrogen-bond acceptors (Lipinski definition) is 2. The van der Waals surface area contributed by atoms with E-state index in [0.717, 1.165) is 19.8 Å². The summed E-state index contributed by atoms with van der Waals surface area (Å²) in [7, 11) is 0. The van der Waals surface area contributed by atoms with E-state index < -0.39 is 0 Å². The maximum absolute atomic E-state index is 5.36. The van der Waals surface area contributed by atoms with Crippen LogP contribution in [0.2, 0.25) is 0 Å². The SMILES string of the molecule is CCCCCC(C)(C)CNC1CCOC1. The van der Waals surface area contributed by atoms with Crippen LogP contribution in [0.5, 0.6) is 0 Å². The molecule has 1 saturated heterocycles. The van der Waals surface area contributed by atoms with E-state index in [0.29, 0.717) is 11.5 Å². The molecule has 2 nitrogen and oxygen atoms in total. The number of rotatable bonds is 7. The summed E-state index contributed by atoms with van der Waals surface area (Å²) in [6.07, 6.45) is 6.58. The Labute approximate surface area is 94.8 Å². The minimum Gasteiger partial charge on any atom is -0.380 e. The van der Waals surface area contributed by atoms with Crippen molar-refractivity contribution in [2.45, 2.75) is 58.9 Å². The molecule has 0 aromatic rings. The Morgan fingerprint density at radius 3 is 2.73 bits per heavy atom. The van der Waals surface area contributed by atoms with E-state index in [4.69, 9.17) is 4.74 Å². The smallest absolute Gasteiger partial charge is 0.0620 e. The van der Waals surface area contributed by atoms with Crippen LogP contribution in [0.15, 0.2) is 0 Å². The van der Waals surface area contributed by atoms with E-state index in [-0.39, 0.29) is 0 Å². The molecule has 0 spiro atoms. The van der Waals surface area contributed by atoms with Crippen molar-refractivity contribution in [2.24, 2.45) is 5.41 Å². The normalized spacial score (nSPS) is 22.2. The van der Waals surface area contributed by atoms with Crippen molar-refractivity contribution < 1.29 is 4.74 Å². The van der Waals surface area contributed by atoms with Gasteiger partial charge in [-0.15, -0.1) is 0 Å². The average Bonchev–Trinajstić information content (AvgIpc) is 2.68. The number of unbranched alkanes of at least 4 members (excludes halogenated alkanes) is 2. The maximum Gasteiger partial charge on any atom is 0.0620 e. The molecule has 2 heteroatoms. The predicted octanol–water partition coefficient (Wildman–Crippen LogP) is 2.97. The number of hydrogen-bond donors (Lipinski definition) is 1. The minimum absolute atomic E-state index is 0.442. The van der Waals surface area contributed by atoms with Crippen LogP contribution < -0.4 is 5.32 Å². The van der Waals surface area contributed by atoms with Gasteiger partial charge in [-0.05, 0) is 18.3 Å². The van der Waals surface area contributed by atoms with Gasteiger partial charge >= 0.3 is 0 Å². The summed E-state index contributed by atoms with van der Waals surface area (Å²) in [4.78, 5) is 0. The van der Waals surface area contributed by atoms with Gasteiger partial charge < -0.3 is 10.1 Å².